The number of nitrogens with zero attached hydrogens (tertiary/aromatic N) is 2. The van der Waals surface area contributed by atoms with E-state index in [1.165, 1.54) is 0 Å². The summed E-state index contributed by atoms with van der Waals surface area (Å²) in [6.45, 7) is 8.43. The number of rotatable bonds is 5. The number of carbonyl (C=O) groups is 1. The molecule has 2 saturated heterocycles. The fraction of sp³-hybridized carbons (Fsp3) is 0.476. The van der Waals surface area contributed by atoms with Crippen LogP contribution in [-0.4, -0.2) is 67.6 Å². The van der Waals surface area contributed by atoms with Crippen LogP contribution < -0.4 is 10.1 Å². The highest BCUT2D eigenvalue weighted by atomic mass is 32.1. The molecule has 27 heavy (non-hydrogen) atoms. The van der Waals surface area contributed by atoms with E-state index in [0.717, 1.165) is 66.8 Å². The molecule has 2 aliphatic heterocycles. The molecule has 0 saturated carbocycles. The predicted octanol–water partition coefficient (Wildman–Crippen LogP) is 2.93. The SMILES string of the molecule is CCOc1cc(-c2ccccc2)sc1C(=O)N1CCC(N2CCNCC2)C1. The molecule has 1 unspecified atom stereocenters. The molecule has 2 fully saturated rings. The maximum Gasteiger partial charge on any atom is 0.267 e. The minimum absolute atomic E-state index is 0.114. The lowest BCUT2D eigenvalue weighted by Crippen LogP contribution is -2.49. The average Bonchev–Trinajstić information content (AvgIpc) is 3.37. The number of thiophene rings is 1. The van der Waals surface area contributed by atoms with Crippen molar-refractivity contribution in [2.45, 2.75) is 19.4 Å². The molecule has 1 aromatic carbocycles. The zero-order valence-electron chi connectivity index (χ0n) is 15.8. The standard InChI is InChI=1S/C21H27N3O2S/c1-2-26-18-14-19(16-6-4-3-5-7-16)27-20(18)21(25)24-11-8-17(15-24)23-12-9-22-10-13-23/h3-7,14,17,22H,2,8-13,15H2,1H3. The van der Waals surface area contributed by atoms with E-state index < -0.39 is 0 Å². The van der Waals surface area contributed by atoms with Gasteiger partial charge in [-0.05, 0) is 25.0 Å². The summed E-state index contributed by atoms with van der Waals surface area (Å²) in [6.07, 6.45) is 1.06. The fourth-order valence-electron chi connectivity index (χ4n) is 3.95. The van der Waals surface area contributed by atoms with Gasteiger partial charge in [0.1, 0.15) is 10.6 Å². The topological polar surface area (TPSA) is 44.8 Å². The van der Waals surface area contributed by atoms with Gasteiger partial charge in [-0.25, -0.2) is 0 Å². The van der Waals surface area contributed by atoms with Crippen molar-refractivity contribution in [3.05, 3.63) is 41.3 Å². The van der Waals surface area contributed by atoms with Gasteiger partial charge in [0, 0.05) is 50.2 Å². The fourth-order valence-corrected chi connectivity index (χ4v) is 5.02. The quantitative estimate of drug-likeness (QED) is 0.860. The Balaban J connectivity index is 1.52. The number of ether oxygens (including phenoxy) is 1. The van der Waals surface area contributed by atoms with Gasteiger partial charge < -0.3 is 15.0 Å². The number of piperazine rings is 1. The molecule has 2 aromatic rings. The summed E-state index contributed by atoms with van der Waals surface area (Å²) in [4.78, 5) is 19.6. The number of likely N-dealkylation sites (tertiary alicyclic amines) is 1. The average molecular weight is 386 g/mol. The smallest absolute Gasteiger partial charge is 0.267 e. The van der Waals surface area contributed by atoms with Gasteiger partial charge in [0.25, 0.3) is 5.91 Å². The van der Waals surface area contributed by atoms with Crippen LogP contribution in [0.2, 0.25) is 0 Å². The molecule has 1 amide bonds. The van der Waals surface area contributed by atoms with Crippen LogP contribution in [0.4, 0.5) is 0 Å². The van der Waals surface area contributed by atoms with Gasteiger partial charge in [0.2, 0.25) is 0 Å². The van der Waals surface area contributed by atoms with Crippen molar-refractivity contribution in [1.82, 2.24) is 15.1 Å². The molecule has 0 aliphatic carbocycles. The Kier molecular flexibility index (Phi) is 5.76. The summed E-state index contributed by atoms with van der Waals surface area (Å²) in [5.41, 5.74) is 1.13. The lowest BCUT2D eigenvalue weighted by Gasteiger charge is -2.32. The van der Waals surface area contributed by atoms with Crippen molar-refractivity contribution >= 4 is 17.2 Å². The maximum absolute atomic E-state index is 13.2. The zero-order chi connectivity index (χ0) is 18.6. The highest BCUT2D eigenvalue weighted by Gasteiger charge is 2.33. The largest absolute Gasteiger partial charge is 0.492 e. The molecule has 3 heterocycles. The monoisotopic (exact) mass is 385 g/mol. The first-order chi connectivity index (χ1) is 13.3. The molecule has 0 spiro atoms. The number of nitrogens with one attached hydrogen (secondary N) is 1. The van der Waals surface area contributed by atoms with E-state index in [0.29, 0.717) is 12.6 Å². The van der Waals surface area contributed by atoms with Crippen molar-refractivity contribution in [1.29, 1.82) is 0 Å². The van der Waals surface area contributed by atoms with Crippen LogP contribution in [0.5, 0.6) is 5.75 Å². The van der Waals surface area contributed by atoms with Gasteiger partial charge in [-0.3, -0.25) is 9.69 Å². The first kappa shape index (κ1) is 18.5. The highest BCUT2D eigenvalue weighted by Crippen LogP contribution is 2.37. The third-order valence-electron chi connectivity index (χ3n) is 5.37. The predicted molar refractivity (Wildman–Crippen MR) is 110 cm³/mol. The van der Waals surface area contributed by atoms with E-state index in [1.54, 1.807) is 11.3 Å². The van der Waals surface area contributed by atoms with Crippen molar-refractivity contribution in [3.8, 4) is 16.2 Å². The Morgan fingerprint density at radius 1 is 1.22 bits per heavy atom. The van der Waals surface area contributed by atoms with E-state index in [2.05, 4.69) is 22.3 Å². The molecule has 1 N–H and O–H groups in total. The van der Waals surface area contributed by atoms with Crippen LogP contribution in [0.15, 0.2) is 36.4 Å². The van der Waals surface area contributed by atoms with Gasteiger partial charge in [-0.1, -0.05) is 30.3 Å². The number of benzene rings is 1. The van der Waals surface area contributed by atoms with Gasteiger partial charge >= 0.3 is 0 Å². The number of hydrogen-bond acceptors (Lipinski definition) is 5. The number of amides is 1. The van der Waals surface area contributed by atoms with Gasteiger partial charge in [-0.2, -0.15) is 0 Å². The normalized spacial score (nSPS) is 20.8. The van der Waals surface area contributed by atoms with Crippen LogP contribution in [0.1, 0.15) is 23.0 Å². The number of carbonyl (C=O) groups excluding carboxylic acids is 1. The van der Waals surface area contributed by atoms with Crippen molar-refractivity contribution in [2.75, 3.05) is 45.9 Å². The van der Waals surface area contributed by atoms with Crippen LogP contribution in [0.3, 0.4) is 0 Å². The molecule has 0 radical (unpaired) electrons. The Hall–Kier alpha value is -1.89. The summed E-state index contributed by atoms with van der Waals surface area (Å²) >= 11 is 1.54. The summed E-state index contributed by atoms with van der Waals surface area (Å²) in [5.74, 6) is 0.834. The second-order valence-electron chi connectivity index (χ2n) is 7.08. The molecule has 1 aromatic heterocycles. The summed E-state index contributed by atoms with van der Waals surface area (Å²) < 4.78 is 5.81. The molecule has 5 nitrogen and oxygen atoms in total. The Bertz CT molecular complexity index is 771. The van der Waals surface area contributed by atoms with Crippen LogP contribution >= 0.6 is 11.3 Å². The second kappa shape index (κ2) is 8.42. The first-order valence-electron chi connectivity index (χ1n) is 9.82. The van der Waals surface area contributed by atoms with Gasteiger partial charge in [-0.15, -0.1) is 11.3 Å². The molecular weight excluding hydrogens is 358 g/mol. The van der Waals surface area contributed by atoms with Crippen molar-refractivity contribution < 1.29 is 9.53 Å². The molecule has 6 heteroatoms. The van der Waals surface area contributed by atoms with Crippen molar-refractivity contribution in [2.24, 2.45) is 0 Å². The van der Waals surface area contributed by atoms with E-state index in [4.69, 9.17) is 4.74 Å². The van der Waals surface area contributed by atoms with E-state index in [1.807, 2.05) is 36.1 Å². The number of hydrogen-bond donors (Lipinski definition) is 1. The summed E-state index contributed by atoms with van der Waals surface area (Å²) in [6, 6.07) is 12.7. The Morgan fingerprint density at radius 3 is 2.74 bits per heavy atom. The van der Waals surface area contributed by atoms with Crippen LogP contribution in [0, 0.1) is 0 Å². The second-order valence-corrected chi connectivity index (χ2v) is 8.13. The minimum atomic E-state index is 0.114. The van der Waals surface area contributed by atoms with E-state index in [9.17, 15) is 4.79 Å². The minimum Gasteiger partial charge on any atom is -0.492 e. The zero-order valence-corrected chi connectivity index (χ0v) is 16.6. The Morgan fingerprint density at radius 2 is 2.00 bits per heavy atom. The lowest BCUT2D eigenvalue weighted by atomic mass is 10.2. The van der Waals surface area contributed by atoms with E-state index in [-0.39, 0.29) is 5.91 Å². The van der Waals surface area contributed by atoms with Gasteiger partial charge in [0.05, 0.1) is 6.61 Å². The Labute approximate surface area is 164 Å². The summed E-state index contributed by atoms with van der Waals surface area (Å²) in [7, 11) is 0. The molecule has 144 valence electrons. The molecule has 1 atom stereocenters. The summed E-state index contributed by atoms with van der Waals surface area (Å²) in [5, 5.41) is 3.40. The third kappa shape index (κ3) is 4.03. The van der Waals surface area contributed by atoms with E-state index >= 15 is 0 Å². The first-order valence-corrected chi connectivity index (χ1v) is 10.6. The molecule has 0 bridgehead atoms. The highest BCUT2D eigenvalue weighted by molar-refractivity contribution is 7.17. The van der Waals surface area contributed by atoms with Crippen molar-refractivity contribution in [3.63, 3.8) is 0 Å². The third-order valence-corrected chi connectivity index (χ3v) is 6.52. The van der Waals surface area contributed by atoms with Crippen LogP contribution in [-0.2, 0) is 0 Å². The molecule has 2 aliphatic rings. The lowest BCUT2D eigenvalue weighted by molar-refractivity contribution is 0.0774. The molecular formula is C21H27N3O2S. The molecule has 4 rings (SSSR count). The maximum atomic E-state index is 13.2. The van der Waals surface area contributed by atoms with Crippen LogP contribution in [0.25, 0.3) is 10.4 Å². The van der Waals surface area contributed by atoms with Gasteiger partial charge in [0.15, 0.2) is 0 Å².